The van der Waals surface area contributed by atoms with Crippen molar-refractivity contribution in [3.05, 3.63) is 76.8 Å². The third-order valence-electron chi connectivity index (χ3n) is 5.81. The summed E-state index contributed by atoms with van der Waals surface area (Å²) in [6.45, 7) is 3.25. The smallest absolute Gasteiger partial charge is 0.234 e. The highest BCUT2D eigenvalue weighted by atomic mass is 35.5. The second-order valence-electron chi connectivity index (χ2n) is 7.63. The quantitative estimate of drug-likeness (QED) is 0.625. The largest absolute Gasteiger partial charge is 0.423 e. The number of oxazole rings is 1. The SMILES string of the molecule is N#Cc1nc([C@H]2C[C@@H]2c2ccccc2)oc1N1CCN(c2cccc(Cl)c2)CC1. The first-order chi connectivity index (χ1) is 14.2. The lowest BCUT2D eigenvalue weighted by atomic mass is 10.1. The van der Waals surface area contributed by atoms with E-state index in [1.807, 2.05) is 24.3 Å². The fourth-order valence-electron chi connectivity index (χ4n) is 4.15. The number of aromatic nitrogens is 1. The molecular formula is C23H21ClN4O. The summed E-state index contributed by atoms with van der Waals surface area (Å²) in [4.78, 5) is 8.97. The molecule has 2 aliphatic rings. The van der Waals surface area contributed by atoms with Gasteiger partial charge < -0.3 is 14.2 Å². The molecule has 2 atom stereocenters. The molecular weight excluding hydrogens is 384 g/mol. The van der Waals surface area contributed by atoms with Gasteiger partial charge >= 0.3 is 0 Å². The van der Waals surface area contributed by atoms with Gasteiger partial charge in [-0.2, -0.15) is 5.26 Å². The lowest BCUT2D eigenvalue weighted by Crippen LogP contribution is -2.46. The number of piperazine rings is 1. The maximum Gasteiger partial charge on any atom is 0.234 e. The van der Waals surface area contributed by atoms with Crippen molar-refractivity contribution in [2.45, 2.75) is 18.3 Å². The van der Waals surface area contributed by atoms with E-state index < -0.39 is 0 Å². The van der Waals surface area contributed by atoms with Crippen LogP contribution in [-0.2, 0) is 0 Å². The van der Waals surface area contributed by atoms with E-state index in [0.717, 1.165) is 43.3 Å². The zero-order valence-corrected chi connectivity index (χ0v) is 16.7. The predicted molar refractivity (Wildman–Crippen MR) is 114 cm³/mol. The number of benzene rings is 2. The van der Waals surface area contributed by atoms with Gasteiger partial charge in [-0.15, -0.1) is 0 Å². The molecule has 2 aromatic carbocycles. The van der Waals surface area contributed by atoms with Crippen molar-refractivity contribution >= 4 is 23.2 Å². The molecule has 5 rings (SSSR count). The van der Waals surface area contributed by atoms with Crippen molar-refractivity contribution in [2.75, 3.05) is 36.0 Å². The number of anilines is 2. The maximum atomic E-state index is 9.58. The standard InChI is InChI=1S/C23H21ClN4O/c24-17-7-4-8-18(13-17)27-9-11-28(12-10-27)23-21(15-25)26-22(29-23)20-14-19(20)16-5-2-1-3-6-16/h1-8,13,19-20H,9-12,14H2/t19-,20+/m1/s1. The van der Waals surface area contributed by atoms with Crippen molar-refractivity contribution in [1.29, 1.82) is 5.26 Å². The molecule has 0 radical (unpaired) electrons. The van der Waals surface area contributed by atoms with E-state index in [1.54, 1.807) is 0 Å². The molecule has 6 heteroatoms. The van der Waals surface area contributed by atoms with Gasteiger partial charge in [-0.05, 0) is 36.1 Å². The molecule has 2 fully saturated rings. The Morgan fingerprint density at radius 2 is 1.72 bits per heavy atom. The molecule has 0 N–H and O–H groups in total. The lowest BCUT2D eigenvalue weighted by Gasteiger charge is -2.36. The minimum atomic E-state index is 0.269. The summed E-state index contributed by atoms with van der Waals surface area (Å²) in [6, 6.07) is 20.6. The van der Waals surface area contributed by atoms with Crippen LogP contribution in [0.5, 0.6) is 0 Å². The van der Waals surface area contributed by atoms with Crippen LogP contribution in [0.25, 0.3) is 0 Å². The van der Waals surface area contributed by atoms with Crippen molar-refractivity contribution in [1.82, 2.24) is 4.98 Å². The van der Waals surface area contributed by atoms with Gasteiger partial charge in [0.1, 0.15) is 6.07 Å². The van der Waals surface area contributed by atoms with Crippen LogP contribution < -0.4 is 9.80 Å². The van der Waals surface area contributed by atoms with Gasteiger partial charge in [0.2, 0.25) is 17.5 Å². The zero-order valence-electron chi connectivity index (χ0n) is 16.0. The lowest BCUT2D eigenvalue weighted by molar-refractivity contribution is 0.476. The van der Waals surface area contributed by atoms with Crippen molar-refractivity contribution in [3.63, 3.8) is 0 Å². The third-order valence-corrected chi connectivity index (χ3v) is 6.04. The second kappa shape index (κ2) is 7.46. The number of rotatable bonds is 4. The average molecular weight is 405 g/mol. The van der Waals surface area contributed by atoms with Crippen molar-refractivity contribution < 1.29 is 4.42 Å². The van der Waals surface area contributed by atoms with Crippen LogP contribution in [0, 0.1) is 11.3 Å². The number of nitriles is 1. The molecule has 1 aliphatic heterocycles. The third kappa shape index (κ3) is 3.56. The van der Waals surface area contributed by atoms with Gasteiger partial charge in [0.15, 0.2) is 0 Å². The fraction of sp³-hybridized carbons (Fsp3) is 0.304. The number of hydrogen-bond acceptors (Lipinski definition) is 5. The molecule has 0 unspecified atom stereocenters. The molecule has 2 heterocycles. The summed E-state index contributed by atoms with van der Waals surface area (Å²) in [5.41, 5.74) is 2.83. The summed E-state index contributed by atoms with van der Waals surface area (Å²) in [7, 11) is 0. The van der Waals surface area contributed by atoms with Gasteiger partial charge in [-0.25, -0.2) is 4.98 Å². The van der Waals surface area contributed by atoms with Crippen molar-refractivity contribution in [2.24, 2.45) is 0 Å². The zero-order chi connectivity index (χ0) is 19.8. The Balaban J connectivity index is 1.29. The van der Waals surface area contributed by atoms with E-state index in [1.165, 1.54) is 5.56 Å². The first-order valence-electron chi connectivity index (χ1n) is 9.94. The minimum absolute atomic E-state index is 0.269. The van der Waals surface area contributed by atoms with E-state index in [4.69, 9.17) is 16.0 Å². The first-order valence-corrected chi connectivity index (χ1v) is 10.3. The molecule has 1 saturated heterocycles. The van der Waals surface area contributed by atoms with Gasteiger partial charge in [-0.1, -0.05) is 48.0 Å². The Morgan fingerprint density at radius 3 is 2.45 bits per heavy atom. The van der Waals surface area contributed by atoms with Crippen molar-refractivity contribution in [3.8, 4) is 6.07 Å². The van der Waals surface area contributed by atoms with E-state index in [0.29, 0.717) is 23.4 Å². The van der Waals surface area contributed by atoms with Gasteiger partial charge in [0.05, 0.1) is 0 Å². The Bertz CT molecular complexity index is 1050. The van der Waals surface area contributed by atoms with Crippen LogP contribution in [0.15, 0.2) is 59.0 Å². The summed E-state index contributed by atoms with van der Waals surface area (Å²) < 4.78 is 6.13. The van der Waals surface area contributed by atoms with Crippen LogP contribution in [0.4, 0.5) is 11.6 Å². The fourth-order valence-corrected chi connectivity index (χ4v) is 4.34. The molecule has 0 spiro atoms. The maximum absolute atomic E-state index is 9.58. The Labute approximate surface area is 175 Å². The van der Waals surface area contributed by atoms with Crippen LogP contribution in [0.3, 0.4) is 0 Å². The number of nitrogens with zero attached hydrogens (tertiary/aromatic N) is 4. The highest BCUT2D eigenvalue weighted by molar-refractivity contribution is 6.30. The highest BCUT2D eigenvalue weighted by Crippen LogP contribution is 2.54. The monoisotopic (exact) mass is 404 g/mol. The average Bonchev–Trinajstić information content (AvgIpc) is 3.46. The van der Waals surface area contributed by atoms with Gasteiger partial charge in [0, 0.05) is 42.8 Å². The number of halogens is 1. The van der Waals surface area contributed by atoms with E-state index in [-0.39, 0.29) is 5.92 Å². The van der Waals surface area contributed by atoms with Gasteiger partial charge in [0.25, 0.3) is 0 Å². The second-order valence-corrected chi connectivity index (χ2v) is 8.07. The first kappa shape index (κ1) is 18.1. The molecule has 0 bridgehead atoms. The van der Waals surface area contributed by atoms with E-state index in [9.17, 15) is 5.26 Å². The Morgan fingerprint density at radius 1 is 0.966 bits per heavy atom. The highest BCUT2D eigenvalue weighted by Gasteiger charge is 2.44. The molecule has 0 amide bonds. The Hall–Kier alpha value is -2.97. The van der Waals surface area contributed by atoms with Crippen LogP contribution in [0.1, 0.15) is 35.4 Å². The molecule has 3 aromatic rings. The topological polar surface area (TPSA) is 56.3 Å². The minimum Gasteiger partial charge on any atom is -0.423 e. The summed E-state index contributed by atoms with van der Waals surface area (Å²) in [6.07, 6.45) is 1.03. The van der Waals surface area contributed by atoms with Gasteiger partial charge in [-0.3, -0.25) is 0 Å². The Kier molecular flexibility index (Phi) is 4.65. The molecule has 5 nitrogen and oxygen atoms in total. The van der Waals surface area contributed by atoms with E-state index in [2.05, 4.69) is 51.2 Å². The molecule has 1 aromatic heterocycles. The summed E-state index contributed by atoms with van der Waals surface area (Å²) in [5, 5.41) is 10.3. The van der Waals surface area contributed by atoms with Crippen LogP contribution in [0.2, 0.25) is 5.02 Å². The van der Waals surface area contributed by atoms with Crippen LogP contribution >= 0.6 is 11.6 Å². The summed E-state index contributed by atoms with van der Waals surface area (Å²) in [5.74, 6) is 2.02. The molecule has 29 heavy (non-hydrogen) atoms. The molecule has 146 valence electrons. The van der Waals surface area contributed by atoms with Crippen LogP contribution in [-0.4, -0.2) is 31.2 Å². The molecule has 1 saturated carbocycles. The predicted octanol–water partition coefficient (Wildman–Crippen LogP) is 4.80. The summed E-state index contributed by atoms with van der Waals surface area (Å²) >= 11 is 6.13. The number of hydrogen-bond donors (Lipinski definition) is 0. The van der Waals surface area contributed by atoms with E-state index >= 15 is 0 Å². The normalized spacial score (nSPS) is 21.1. The molecule has 1 aliphatic carbocycles.